The number of nitrogens with zero attached hydrogens (tertiary/aromatic N) is 2. The van der Waals surface area contributed by atoms with Crippen molar-refractivity contribution in [2.45, 2.75) is 6.92 Å². The summed E-state index contributed by atoms with van der Waals surface area (Å²) < 4.78 is 2.85. The fourth-order valence-electron chi connectivity index (χ4n) is 1.52. The van der Waals surface area contributed by atoms with E-state index in [1.165, 1.54) is 6.92 Å². The van der Waals surface area contributed by atoms with E-state index in [2.05, 4.69) is 33.0 Å². The lowest BCUT2D eigenvalue weighted by molar-refractivity contribution is -0.114. The summed E-state index contributed by atoms with van der Waals surface area (Å²) in [5, 5.41) is 8.00. The molecule has 4 nitrogen and oxygen atoms in total. The minimum absolute atomic E-state index is 0.102. The number of amides is 1. The normalized spacial score (nSPS) is 10.6. The van der Waals surface area contributed by atoms with E-state index in [1.54, 1.807) is 4.68 Å². The summed E-state index contributed by atoms with van der Waals surface area (Å²) in [6.45, 7) is 1.48. The van der Waals surface area contributed by atoms with Crippen molar-refractivity contribution in [3.8, 4) is 0 Å². The molecule has 0 aliphatic heterocycles. The van der Waals surface area contributed by atoms with Crippen LogP contribution in [0.1, 0.15) is 6.92 Å². The summed E-state index contributed by atoms with van der Waals surface area (Å²) in [5.41, 5.74) is 1.02. The van der Waals surface area contributed by atoms with Crippen molar-refractivity contribution in [3.63, 3.8) is 0 Å². The lowest BCUT2D eigenvalue weighted by Gasteiger charge is -1.98. The number of benzene rings is 1. The van der Waals surface area contributed by atoms with Gasteiger partial charge in [0.1, 0.15) is 0 Å². The molecule has 5 heteroatoms. The van der Waals surface area contributed by atoms with Gasteiger partial charge >= 0.3 is 0 Å². The van der Waals surface area contributed by atoms with E-state index in [9.17, 15) is 4.79 Å². The number of aryl methyl sites for hydroxylation is 1. The third-order valence-electron chi connectivity index (χ3n) is 2.12. The Morgan fingerprint density at radius 3 is 2.93 bits per heavy atom. The molecular weight excluding hydrogens is 305 g/mol. The summed E-state index contributed by atoms with van der Waals surface area (Å²) >= 11 is 2.24. The molecule has 0 unspecified atom stereocenters. The molecule has 2 aromatic rings. The van der Waals surface area contributed by atoms with Gasteiger partial charge in [-0.3, -0.25) is 9.48 Å². The Labute approximate surface area is 101 Å². The van der Waals surface area contributed by atoms with Gasteiger partial charge in [0.25, 0.3) is 0 Å². The van der Waals surface area contributed by atoms with Gasteiger partial charge in [-0.15, -0.1) is 0 Å². The molecule has 0 spiro atoms. The van der Waals surface area contributed by atoms with Crippen LogP contribution in [0.25, 0.3) is 10.9 Å². The van der Waals surface area contributed by atoms with Gasteiger partial charge in [-0.25, -0.2) is 0 Å². The molecule has 0 saturated carbocycles. The quantitative estimate of drug-likeness (QED) is 0.820. The number of carbonyl (C=O) groups is 1. The molecule has 1 aromatic carbocycles. The maximum atomic E-state index is 11.0. The molecule has 0 bridgehead atoms. The largest absolute Gasteiger partial charge is 0.309 e. The van der Waals surface area contributed by atoms with Gasteiger partial charge in [0.05, 0.1) is 10.9 Å². The van der Waals surface area contributed by atoms with E-state index in [4.69, 9.17) is 0 Å². The maximum Gasteiger partial charge on any atom is 0.222 e. The zero-order chi connectivity index (χ0) is 11.0. The Morgan fingerprint density at radius 1 is 1.53 bits per heavy atom. The van der Waals surface area contributed by atoms with Crippen molar-refractivity contribution in [1.82, 2.24) is 9.78 Å². The first-order chi connectivity index (χ1) is 7.09. The Balaban J connectivity index is 2.70. The van der Waals surface area contributed by atoms with Crippen LogP contribution in [0.2, 0.25) is 0 Å². The van der Waals surface area contributed by atoms with Gasteiger partial charge in [0, 0.05) is 17.5 Å². The van der Waals surface area contributed by atoms with Crippen molar-refractivity contribution in [2.75, 3.05) is 5.32 Å². The Kier molecular flexibility index (Phi) is 2.64. The topological polar surface area (TPSA) is 46.9 Å². The van der Waals surface area contributed by atoms with Gasteiger partial charge in [-0.2, -0.15) is 5.10 Å². The highest BCUT2D eigenvalue weighted by molar-refractivity contribution is 14.1. The molecule has 15 heavy (non-hydrogen) atoms. The van der Waals surface area contributed by atoms with Crippen LogP contribution in [0, 0.1) is 3.57 Å². The Bertz CT molecular complexity index is 533. The van der Waals surface area contributed by atoms with Gasteiger partial charge in [-0.1, -0.05) is 6.07 Å². The highest BCUT2D eigenvalue weighted by Crippen LogP contribution is 2.27. The third kappa shape index (κ3) is 1.83. The molecule has 1 amide bonds. The van der Waals surface area contributed by atoms with Crippen LogP contribution in [0.3, 0.4) is 0 Å². The maximum absolute atomic E-state index is 11.0. The highest BCUT2D eigenvalue weighted by Gasteiger charge is 2.11. The summed E-state index contributed by atoms with van der Waals surface area (Å²) in [7, 11) is 1.86. The fraction of sp³-hybridized carbons (Fsp3) is 0.200. The molecule has 2 rings (SSSR count). The van der Waals surface area contributed by atoms with Gasteiger partial charge < -0.3 is 5.32 Å². The smallest absolute Gasteiger partial charge is 0.222 e. The van der Waals surface area contributed by atoms with E-state index in [1.807, 2.05) is 25.2 Å². The molecular formula is C10H10IN3O. The molecule has 1 aromatic heterocycles. The molecule has 0 saturated heterocycles. The van der Waals surface area contributed by atoms with E-state index in [0.29, 0.717) is 5.82 Å². The van der Waals surface area contributed by atoms with E-state index in [0.717, 1.165) is 14.5 Å². The number of hydrogen-bond acceptors (Lipinski definition) is 2. The predicted molar refractivity (Wildman–Crippen MR) is 67.7 cm³/mol. The van der Waals surface area contributed by atoms with Crippen molar-refractivity contribution >= 4 is 45.2 Å². The molecule has 78 valence electrons. The van der Waals surface area contributed by atoms with Crippen LogP contribution < -0.4 is 5.32 Å². The first-order valence-corrected chi connectivity index (χ1v) is 5.56. The molecule has 1 heterocycles. The second kappa shape index (κ2) is 3.80. The Morgan fingerprint density at radius 2 is 2.27 bits per heavy atom. The van der Waals surface area contributed by atoms with Crippen LogP contribution in [-0.4, -0.2) is 15.7 Å². The number of aromatic nitrogens is 2. The minimum atomic E-state index is -0.102. The number of anilines is 1. The van der Waals surface area contributed by atoms with Crippen molar-refractivity contribution in [1.29, 1.82) is 0 Å². The van der Waals surface area contributed by atoms with Crippen LogP contribution in [0.15, 0.2) is 18.2 Å². The van der Waals surface area contributed by atoms with Gasteiger partial charge in [0.15, 0.2) is 5.82 Å². The van der Waals surface area contributed by atoms with Crippen LogP contribution in [0.4, 0.5) is 5.82 Å². The lowest BCUT2D eigenvalue weighted by atomic mass is 10.2. The number of rotatable bonds is 1. The molecule has 0 fully saturated rings. The molecule has 1 N–H and O–H groups in total. The monoisotopic (exact) mass is 315 g/mol. The number of fused-ring (bicyclic) bond motifs is 1. The molecule has 0 atom stereocenters. The number of carbonyl (C=O) groups excluding carboxylic acids is 1. The number of hydrogen-bond donors (Lipinski definition) is 1. The fourth-order valence-corrected chi connectivity index (χ4v) is 2.26. The van der Waals surface area contributed by atoms with Gasteiger partial charge in [0.2, 0.25) is 5.91 Å². The molecule has 0 aliphatic rings. The lowest BCUT2D eigenvalue weighted by Crippen LogP contribution is -2.07. The molecule has 0 aliphatic carbocycles. The minimum Gasteiger partial charge on any atom is -0.309 e. The second-order valence-electron chi connectivity index (χ2n) is 3.29. The summed E-state index contributed by atoms with van der Waals surface area (Å²) in [6.07, 6.45) is 0. The summed E-state index contributed by atoms with van der Waals surface area (Å²) in [6, 6.07) is 5.95. The summed E-state index contributed by atoms with van der Waals surface area (Å²) in [5.74, 6) is 0.527. The SMILES string of the molecule is CC(=O)Nc1nn(C)c2cccc(I)c12. The van der Waals surface area contributed by atoms with Crippen LogP contribution in [0.5, 0.6) is 0 Å². The second-order valence-corrected chi connectivity index (χ2v) is 4.45. The first kappa shape index (κ1) is 10.4. The third-order valence-corrected chi connectivity index (χ3v) is 3.02. The average Bonchev–Trinajstić information content (AvgIpc) is 2.44. The number of halogens is 1. The standard InChI is InChI=1S/C10H10IN3O/c1-6(15)12-10-9-7(11)4-3-5-8(9)14(2)13-10/h3-5H,1-2H3,(H,12,13,15). The van der Waals surface area contributed by atoms with E-state index in [-0.39, 0.29) is 5.91 Å². The zero-order valence-electron chi connectivity index (χ0n) is 8.41. The number of nitrogens with one attached hydrogen (secondary N) is 1. The van der Waals surface area contributed by atoms with E-state index < -0.39 is 0 Å². The van der Waals surface area contributed by atoms with E-state index >= 15 is 0 Å². The Hall–Kier alpha value is -1.11. The van der Waals surface area contributed by atoms with Crippen molar-refractivity contribution < 1.29 is 4.79 Å². The molecule has 0 radical (unpaired) electrons. The van der Waals surface area contributed by atoms with Crippen molar-refractivity contribution in [3.05, 3.63) is 21.8 Å². The summed E-state index contributed by atoms with van der Waals surface area (Å²) in [4.78, 5) is 11.0. The van der Waals surface area contributed by atoms with Gasteiger partial charge in [-0.05, 0) is 34.7 Å². The predicted octanol–water partition coefficient (Wildman–Crippen LogP) is 2.14. The highest BCUT2D eigenvalue weighted by atomic mass is 127. The zero-order valence-corrected chi connectivity index (χ0v) is 10.6. The van der Waals surface area contributed by atoms with Crippen molar-refractivity contribution in [2.24, 2.45) is 7.05 Å². The van der Waals surface area contributed by atoms with Crippen LogP contribution >= 0.6 is 22.6 Å². The first-order valence-electron chi connectivity index (χ1n) is 4.48. The average molecular weight is 315 g/mol. The van der Waals surface area contributed by atoms with Crippen LogP contribution in [-0.2, 0) is 11.8 Å².